The zero-order valence-electron chi connectivity index (χ0n) is 12.9. The van der Waals surface area contributed by atoms with E-state index in [2.05, 4.69) is 0 Å². The lowest BCUT2D eigenvalue weighted by molar-refractivity contribution is -0.156. The van der Waals surface area contributed by atoms with Crippen LogP contribution in [0.4, 0.5) is 9.18 Å². The summed E-state index contributed by atoms with van der Waals surface area (Å²) in [6, 6.07) is 4.56. The summed E-state index contributed by atoms with van der Waals surface area (Å²) in [5.41, 5.74) is 3.19. The Hall–Kier alpha value is -2.11. The van der Waals surface area contributed by atoms with Crippen LogP contribution in [0.15, 0.2) is 18.2 Å². The van der Waals surface area contributed by atoms with E-state index in [4.69, 9.17) is 9.57 Å². The summed E-state index contributed by atoms with van der Waals surface area (Å²) in [6.07, 6.45) is 0.841. The SMILES string of the molecule is CC(C)(C)OC(=O)NOC(=O)C1CCc2cc(F)ccc2C1. The third-order valence-electron chi connectivity index (χ3n) is 3.36. The molecule has 0 heterocycles. The molecule has 0 fully saturated rings. The highest BCUT2D eigenvalue weighted by Gasteiger charge is 2.27. The molecule has 0 aliphatic heterocycles. The Bertz CT molecular complexity index is 580. The van der Waals surface area contributed by atoms with E-state index in [9.17, 15) is 14.0 Å². The van der Waals surface area contributed by atoms with E-state index in [0.717, 1.165) is 11.1 Å². The van der Waals surface area contributed by atoms with Crippen LogP contribution in [0, 0.1) is 11.7 Å². The first-order valence-corrected chi connectivity index (χ1v) is 7.21. The van der Waals surface area contributed by atoms with Crippen molar-refractivity contribution in [1.82, 2.24) is 5.48 Å². The van der Waals surface area contributed by atoms with Crippen molar-refractivity contribution in [2.75, 3.05) is 0 Å². The second-order valence-electron chi connectivity index (χ2n) is 6.38. The Labute approximate surface area is 128 Å². The topological polar surface area (TPSA) is 64.6 Å². The number of fused-ring (bicyclic) bond motifs is 1. The average molecular weight is 309 g/mol. The van der Waals surface area contributed by atoms with Crippen molar-refractivity contribution < 1.29 is 23.6 Å². The molecule has 2 rings (SSSR count). The molecule has 1 N–H and O–H groups in total. The van der Waals surface area contributed by atoms with Gasteiger partial charge in [-0.2, -0.15) is 0 Å². The Kier molecular flexibility index (Phi) is 4.68. The highest BCUT2D eigenvalue weighted by Crippen LogP contribution is 2.26. The van der Waals surface area contributed by atoms with Gasteiger partial charge in [-0.1, -0.05) is 6.07 Å². The second-order valence-corrected chi connectivity index (χ2v) is 6.38. The summed E-state index contributed by atoms with van der Waals surface area (Å²) in [5, 5.41) is 0. The summed E-state index contributed by atoms with van der Waals surface area (Å²) in [6.45, 7) is 5.14. The van der Waals surface area contributed by atoms with Crippen molar-refractivity contribution in [3.05, 3.63) is 35.1 Å². The van der Waals surface area contributed by atoms with Gasteiger partial charge in [0, 0.05) is 0 Å². The number of hydroxylamine groups is 1. The summed E-state index contributed by atoms with van der Waals surface area (Å²) in [7, 11) is 0. The van der Waals surface area contributed by atoms with E-state index in [1.807, 2.05) is 5.48 Å². The average Bonchev–Trinajstić information content (AvgIpc) is 2.42. The van der Waals surface area contributed by atoms with Gasteiger partial charge in [-0.25, -0.2) is 14.0 Å². The lowest BCUT2D eigenvalue weighted by Crippen LogP contribution is -2.36. The van der Waals surface area contributed by atoms with Gasteiger partial charge < -0.3 is 9.57 Å². The molecule has 22 heavy (non-hydrogen) atoms. The van der Waals surface area contributed by atoms with Crippen molar-refractivity contribution >= 4 is 12.1 Å². The van der Waals surface area contributed by atoms with E-state index in [1.165, 1.54) is 12.1 Å². The highest BCUT2D eigenvalue weighted by atomic mass is 19.1. The zero-order chi connectivity index (χ0) is 16.3. The van der Waals surface area contributed by atoms with Crippen LogP contribution in [0.1, 0.15) is 38.3 Å². The minimum atomic E-state index is -0.806. The molecule has 0 aromatic heterocycles. The lowest BCUT2D eigenvalue weighted by atomic mass is 9.84. The fraction of sp³-hybridized carbons (Fsp3) is 0.500. The first-order chi connectivity index (χ1) is 10.2. The van der Waals surface area contributed by atoms with Crippen molar-refractivity contribution in [2.45, 2.75) is 45.6 Å². The van der Waals surface area contributed by atoms with Crippen LogP contribution < -0.4 is 5.48 Å². The molecule has 1 amide bonds. The van der Waals surface area contributed by atoms with Crippen LogP contribution in [0.25, 0.3) is 0 Å². The van der Waals surface area contributed by atoms with Crippen LogP contribution in [0.5, 0.6) is 0 Å². The summed E-state index contributed by atoms with van der Waals surface area (Å²) >= 11 is 0. The van der Waals surface area contributed by atoms with Crippen LogP contribution in [-0.4, -0.2) is 17.7 Å². The molecule has 120 valence electrons. The van der Waals surface area contributed by atoms with Gasteiger partial charge >= 0.3 is 12.1 Å². The molecular weight excluding hydrogens is 289 g/mol. The van der Waals surface area contributed by atoms with Gasteiger partial charge in [-0.3, -0.25) is 0 Å². The van der Waals surface area contributed by atoms with E-state index in [1.54, 1.807) is 26.8 Å². The second kappa shape index (κ2) is 6.34. The maximum absolute atomic E-state index is 13.1. The van der Waals surface area contributed by atoms with Crippen molar-refractivity contribution in [1.29, 1.82) is 0 Å². The minimum absolute atomic E-state index is 0.272. The number of hydrogen-bond acceptors (Lipinski definition) is 4. The third kappa shape index (κ3) is 4.44. The third-order valence-corrected chi connectivity index (χ3v) is 3.36. The molecule has 1 aliphatic rings. The molecule has 0 saturated carbocycles. The fourth-order valence-corrected chi connectivity index (χ4v) is 2.40. The number of benzene rings is 1. The largest absolute Gasteiger partial charge is 0.442 e. The van der Waals surface area contributed by atoms with Crippen molar-refractivity contribution in [3.63, 3.8) is 0 Å². The normalized spacial score (nSPS) is 17.4. The Morgan fingerprint density at radius 2 is 2.00 bits per heavy atom. The van der Waals surface area contributed by atoms with E-state index in [-0.39, 0.29) is 11.7 Å². The quantitative estimate of drug-likeness (QED) is 0.810. The van der Waals surface area contributed by atoms with Crippen LogP contribution in [0.3, 0.4) is 0 Å². The maximum Gasteiger partial charge on any atom is 0.441 e. The zero-order valence-corrected chi connectivity index (χ0v) is 12.9. The molecule has 0 bridgehead atoms. The van der Waals surface area contributed by atoms with Gasteiger partial charge in [0.15, 0.2) is 0 Å². The summed E-state index contributed by atoms with van der Waals surface area (Å²) in [5.74, 6) is -1.14. The Balaban J connectivity index is 1.87. The molecule has 6 heteroatoms. The Morgan fingerprint density at radius 1 is 1.27 bits per heavy atom. The molecule has 1 unspecified atom stereocenters. The van der Waals surface area contributed by atoms with Gasteiger partial charge in [-0.15, -0.1) is 5.48 Å². The smallest absolute Gasteiger partial charge is 0.441 e. The van der Waals surface area contributed by atoms with E-state index in [0.29, 0.717) is 19.3 Å². The molecule has 1 aliphatic carbocycles. The maximum atomic E-state index is 13.1. The monoisotopic (exact) mass is 309 g/mol. The predicted octanol–water partition coefficient (Wildman–Crippen LogP) is 2.91. The van der Waals surface area contributed by atoms with Crippen molar-refractivity contribution in [2.24, 2.45) is 5.92 Å². The number of carbonyl (C=O) groups is 2. The van der Waals surface area contributed by atoms with Gasteiger partial charge in [0.25, 0.3) is 0 Å². The van der Waals surface area contributed by atoms with Crippen LogP contribution >= 0.6 is 0 Å². The molecular formula is C16H20FNO4. The standard InChI is InChI=1S/C16H20FNO4/c1-16(2,3)21-15(20)18-22-14(19)12-5-4-11-9-13(17)7-6-10(11)8-12/h6-7,9,12H,4-5,8H2,1-3H3,(H,18,20). The van der Waals surface area contributed by atoms with Gasteiger partial charge in [0.1, 0.15) is 11.4 Å². The molecule has 0 radical (unpaired) electrons. The highest BCUT2D eigenvalue weighted by molar-refractivity contribution is 5.76. The van der Waals surface area contributed by atoms with E-state index < -0.39 is 17.7 Å². The summed E-state index contributed by atoms with van der Waals surface area (Å²) < 4.78 is 18.1. The number of nitrogens with one attached hydrogen (secondary N) is 1. The number of ether oxygens (including phenoxy) is 1. The number of rotatable bonds is 1. The number of aryl methyl sites for hydroxylation is 1. The molecule has 5 nitrogen and oxygen atoms in total. The van der Waals surface area contributed by atoms with Gasteiger partial charge in [0.2, 0.25) is 0 Å². The van der Waals surface area contributed by atoms with Gasteiger partial charge in [-0.05, 0) is 63.3 Å². The molecule has 0 spiro atoms. The van der Waals surface area contributed by atoms with E-state index >= 15 is 0 Å². The molecule has 1 aromatic carbocycles. The molecule has 1 aromatic rings. The minimum Gasteiger partial charge on any atom is -0.442 e. The fourth-order valence-electron chi connectivity index (χ4n) is 2.40. The predicted molar refractivity (Wildman–Crippen MR) is 77.4 cm³/mol. The lowest BCUT2D eigenvalue weighted by Gasteiger charge is -2.23. The van der Waals surface area contributed by atoms with Crippen molar-refractivity contribution in [3.8, 4) is 0 Å². The first-order valence-electron chi connectivity index (χ1n) is 7.21. The summed E-state index contributed by atoms with van der Waals surface area (Å²) in [4.78, 5) is 28.2. The molecule has 1 atom stereocenters. The number of carbonyl (C=O) groups excluding carboxylic acids is 2. The number of amides is 1. The number of halogens is 1. The Morgan fingerprint density at radius 3 is 2.68 bits per heavy atom. The number of hydrogen-bond donors (Lipinski definition) is 1. The molecule has 0 saturated heterocycles. The van der Waals surface area contributed by atoms with Crippen LogP contribution in [-0.2, 0) is 27.2 Å². The van der Waals surface area contributed by atoms with Crippen LogP contribution in [0.2, 0.25) is 0 Å². The first kappa shape index (κ1) is 16.3. The van der Waals surface area contributed by atoms with Gasteiger partial charge in [0.05, 0.1) is 5.92 Å².